The van der Waals surface area contributed by atoms with Gasteiger partial charge < -0.3 is 10.3 Å². The van der Waals surface area contributed by atoms with E-state index in [1.165, 1.54) is 6.07 Å². The van der Waals surface area contributed by atoms with E-state index in [0.717, 1.165) is 12.1 Å². The number of aromatic nitrogens is 2. The first-order valence-corrected chi connectivity index (χ1v) is 6.18. The van der Waals surface area contributed by atoms with Crippen LogP contribution in [-0.4, -0.2) is 22.1 Å². The lowest BCUT2D eigenvalue weighted by Gasteiger charge is -2.24. The zero-order valence-corrected chi connectivity index (χ0v) is 11.3. The zero-order chi connectivity index (χ0) is 14.7. The average molecular weight is 282 g/mol. The molecule has 0 spiro atoms. The maximum atomic E-state index is 13.7. The molecule has 2 rings (SSSR count). The van der Waals surface area contributed by atoms with Gasteiger partial charge in [0.25, 0.3) is 0 Å². The van der Waals surface area contributed by atoms with Crippen LogP contribution in [0.1, 0.15) is 30.2 Å². The number of rotatable bonds is 5. The Balaban J connectivity index is 2.11. The van der Waals surface area contributed by atoms with Crippen LogP contribution < -0.4 is 5.73 Å². The fraction of sp³-hybridized carbons (Fsp3) is 0.385. The third kappa shape index (κ3) is 3.17. The molecule has 7 heteroatoms. The van der Waals surface area contributed by atoms with Gasteiger partial charge in [-0.25, -0.2) is 8.78 Å². The standard InChI is InChI=1S/C13H16F2N4O/c1-8(10-5-9(14)3-4-11(10)15)19(2)7-12-17-13(6-16)20-18-12/h3-5,8H,6-7,16H2,1-2H3. The van der Waals surface area contributed by atoms with E-state index in [0.29, 0.717) is 18.3 Å². The van der Waals surface area contributed by atoms with Gasteiger partial charge in [-0.1, -0.05) is 5.16 Å². The molecule has 0 aliphatic rings. The van der Waals surface area contributed by atoms with Gasteiger partial charge in [0, 0.05) is 11.6 Å². The summed E-state index contributed by atoms with van der Waals surface area (Å²) in [6, 6.07) is 3.08. The summed E-state index contributed by atoms with van der Waals surface area (Å²) in [5, 5.41) is 3.77. The smallest absolute Gasteiger partial charge is 0.240 e. The van der Waals surface area contributed by atoms with Crippen molar-refractivity contribution >= 4 is 0 Å². The molecule has 2 aromatic rings. The van der Waals surface area contributed by atoms with Crippen molar-refractivity contribution in [2.45, 2.75) is 26.1 Å². The second-order valence-corrected chi connectivity index (χ2v) is 4.57. The molecule has 5 nitrogen and oxygen atoms in total. The summed E-state index contributed by atoms with van der Waals surface area (Å²) in [5.74, 6) is -0.109. The van der Waals surface area contributed by atoms with Gasteiger partial charge in [0.15, 0.2) is 5.82 Å². The van der Waals surface area contributed by atoms with E-state index in [1.54, 1.807) is 18.9 Å². The minimum absolute atomic E-state index is 0.171. The molecule has 0 fully saturated rings. The predicted molar refractivity (Wildman–Crippen MR) is 68.4 cm³/mol. The molecular formula is C13H16F2N4O. The minimum Gasteiger partial charge on any atom is -0.338 e. The van der Waals surface area contributed by atoms with Gasteiger partial charge >= 0.3 is 0 Å². The van der Waals surface area contributed by atoms with Crippen molar-refractivity contribution in [3.05, 3.63) is 47.1 Å². The monoisotopic (exact) mass is 282 g/mol. The van der Waals surface area contributed by atoms with E-state index in [4.69, 9.17) is 10.3 Å². The van der Waals surface area contributed by atoms with Crippen molar-refractivity contribution in [2.24, 2.45) is 5.73 Å². The zero-order valence-electron chi connectivity index (χ0n) is 11.3. The van der Waals surface area contributed by atoms with Gasteiger partial charge in [-0.15, -0.1) is 0 Å². The lowest BCUT2D eigenvalue weighted by atomic mass is 10.1. The summed E-state index contributed by atoms with van der Waals surface area (Å²) in [7, 11) is 1.77. The Hall–Kier alpha value is -1.86. The molecule has 0 radical (unpaired) electrons. The van der Waals surface area contributed by atoms with Crippen LogP contribution in [0.5, 0.6) is 0 Å². The van der Waals surface area contributed by atoms with E-state index in [9.17, 15) is 8.78 Å². The van der Waals surface area contributed by atoms with E-state index in [2.05, 4.69) is 10.1 Å². The molecule has 1 heterocycles. The molecule has 1 aromatic heterocycles. The maximum absolute atomic E-state index is 13.7. The Bertz CT molecular complexity index is 588. The van der Waals surface area contributed by atoms with Crippen molar-refractivity contribution in [3.63, 3.8) is 0 Å². The van der Waals surface area contributed by atoms with Crippen LogP contribution in [0, 0.1) is 11.6 Å². The number of benzene rings is 1. The van der Waals surface area contributed by atoms with Gasteiger partial charge in [0.2, 0.25) is 5.89 Å². The van der Waals surface area contributed by atoms with Crippen LogP contribution >= 0.6 is 0 Å². The van der Waals surface area contributed by atoms with Gasteiger partial charge in [0.1, 0.15) is 11.6 Å². The summed E-state index contributed by atoms with van der Waals surface area (Å²) in [6.07, 6.45) is 0. The number of halogens is 2. The Morgan fingerprint density at radius 2 is 2.15 bits per heavy atom. The maximum Gasteiger partial charge on any atom is 0.240 e. The fourth-order valence-electron chi connectivity index (χ4n) is 1.87. The highest BCUT2D eigenvalue weighted by Gasteiger charge is 2.18. The molecule has 0 aliphatic heterocycles. The van der Waals surface area contributed by atoms with Gasteiger partial charge in [0.05, 0.1) is 13.1 Å². The molecule has 0 bridgehead atoms. The Labute approximate surface area is 115 Å². The van der Waals surface area contributed by atoms with E-state index in [1.807, 2.05) is 0 Å². The van der Waals surface area contributed by atoms with E-state index >= 15 is 0 Å². The number of hydrogen-bond acceptors (Lipinski definition) is 5. The molecule has 0 saturated heterocycles. The molecule has 1 atom stereocenters. The van der Waals surface area contributed by atoms with Crippen molar-refractivity contribution in [1.82, 2.24) is 15.0 Å². The number of hydrogen-bond donors (Lipinski definition) is 1. The molecular weight excluding hydrogens is 266 g/mol. The summed E-state index contributed by atoms with van der Waals surface area (Å²) < 4.78 is 31.8. The second kappa shape index (κ2) is 6.06. The quantitative estimate of drug-likeness (QED) is 0.908. The molecule has 20 heavy (non-hydrogen) atoms. The first-order valence-electron chi connectivity index (χ1n) is 6.18. The lowest BCUT2D eigenvalue weighted by Crippen LogP contribution is -2.23. The Kier molecular flexibility index (Phi) is 4.41. The van der Waals surface area contributed by atoms with Crippen molar-refractivity contribution in [1.29, 1.82) is 0 Å². The summed E-state index contributed by atoms with van der Waals surface area (Å²) in [6.45, 7) is 2.30. The highest BCUT2D eigenvalue weighted by Crippen LogP contribution is 2.23. The van der Waals surface area contributed by atoms with Crippen LogP contribution in [0.25, 0.3) is 0 Å². The Morgan fingerprint density at radius 3 is 2.80 bits per heavy atom. The van der Waals surface area contributed by atoms with E-state index in [-0.39, 0.29) is 18.2 Å². The third-order valence-electron chi connectivity index (χ3n) is 3.14. The van der Waals surface area contributed by atoms with Crippen LogP contribution in [0.4, 0.5) is 8.78 Å². The first-order chi connectivity index (χ1) is 9.51. The number of nitrogens with zero attached hydrogens (tertiary/aromatic N) is 3. The summed E-state index contributed by atoms with van der Waals surface area (Å²) in [4.78, 5) is 5.87. The first kappa shape index (κ1) is 14.5. The highest BCUT2D eigenvalue weighted by molar-refractivity contribution is 5.21. The average Bonchev–Trinajstić information content (AvgIpc) is 2.88. The van der Waals surface area contributed by atoms with Crippen LogP contribution in [-0.2, 0) is 13.1 Å². The number of nitrogens with two attached hydrogens (primary N) is 1. The van der Waals surface area contributed by atoms with Crippen LogP contribution in [0.15, 0.2) is 22.7 Å². The van der Waals surface area contributed by atoms with E-state index < -0.39 is 11.6 Å². The van der Waals surface area contributed by atoms with Crippen molar-refractivity contribution in [3.8, 4) is 0 Å². The molecule has 0 saturated carbocycles. The van der Waals surface area contributed by atoms with Crippen LogP contribution in [0.3, 0.4) is 0 Å². The topological polar surface area (TPSA) is 68.2 Å². The summed E-state index contributed by atoms with van der Waals surface area (Å²) in [5.41, 5.74) is 5.67. The Morgan fingerprint density at radius 1 is 1.40 bits per heavy atom. The van der Waals surface area contributed by atoms with Crippen molar-refractivity contribution < 1.29 is 13.3 Å². The minimum atomic E-state index is -0.466. The molecule has 0 aliphatic carbocycles. The third-order valence-corrected chi connectivity index (χ3v) is 3.14. The predicted octanol–water partition coefficient (Wildman–Crippen LogP) is 2.00. The van der Waals surface area contributed by atoms with Crippen LogP contribution in [0.2, 0.25) is 0 Å². The van der Waals surface area contributed by atoms with Gasteiger partial charge in [-0.3, -0.25) is 4.90 Å². The van der Waals surface area contributed by atoms with Gasteiger partial charge in [-0.2, -0.15) is 4.98 Å². The highest BCUT2D eigenvalue weighted by atomic mass is 19.1. The molecule has 108 valence electrons. The van der Waals surface area contributed by atoms with Gasteiger partial charge in [-0.05, 0) is 32.2 Å². The molecule has 0 amide bonds. The van der Waals surface area contributed by atoms with Crippen molar-refractivity contribution in [2.75, 3.05) is 7.05 Å². The molecule has 2 N–H and O–H groups in total. The largest absolute Gasteiger partial charge is 0.338 e. The fourth-order valence-corrected chi connectivity index (χ4v) is 1.87. The SMILES string of the molecule is CC(c1cc(F)ccc1F)N(C)Cc1noc(CN)n1. The summed E-state index contributed by atoms with van der Waals surface area (Å²) >= 11 is 0. The second-order valence-electron chi connectivity index (χ2n) is 4.57. The molecule has 1 unspecified atom stereocenters. The normalized spacial score (nSPS) is 12.9. The lowest BCUT2D eigenvalue weighted by molar-refractivity contribution is 0.237. The molecule has 1 aromatic carbocycles.